The fraction of sp³-hybridized carbons (Fsp3) is 0.833. The standard InChI is InChI=1S/C6H8Cl4O2/c1-3(7)5(6(8,9)10)12-4(2)11/h3,5H,1-2H3. The first-order chi connectivity index (χ1) is 5.25. The maximum Gasteiger partial charge on any atom is 0.303 e. The van der Waals surface area contributed by atoms with Gasteiger partial charge >= 0.3 is 5.97 Å². The number of alkyl halides is 4. The summed E-state index contributed by atoms with van der Waals surface area (Å²) in [6.45, 7) is 2.81. The predicted molar refractivity (Wildman–Crippen MR) is 51.2 cm³/mol. The zero-order valence-corrected chi connectivity index (χ0v) is 9.51. The van der Waals surface area contributed by atoms with Gasteiger partial charge in [-0.2, -0.15) is 0 Å². The van der Waals surface area contributed by atoms with Crippen LogP contribution < -0.4 is 0 Å². The largest absolute Gasteiger partial charge is 0.456 e. The van der Waals surface area contributed by atoms with Crippen LogP contribution in [-0.2, 0) is 9.53 Å². The molecule has 0 fully saturated rings. The highest BCUT2D eigenvalue weighted by Gasteiger charge is 2.38. The number of carbonyl (C=O) groups is 1. The van der Waals surface area contributed by atoms with E-state index in [1.165, 1.54) is 6.92 Å². The van der Waals surface area contributed by atoms with Crippen LogP contribution in [0.1, 0.15) is 13.8 Å². The molecule has 0 aliphatic carbocycles. The van der Waals surface area contributed by atoms with E-state index in [1.54, 1.807) is 6.92 Å². The van der Waals surface area contributed by atoms with Crippen LogP contribution in [0.2, 0.25) is 0 Å². The minimum absolute atomic E-state index is 0.529. The van der Waals surface area contributed by atoms with Gasteiger partial charge in [0.2, 0.25) is 3.79 Å². The van der Waals surface area contributed by atoms with E-state index in [9.17, 15) is 4.79 Å². The summed E-state index contributed by atoms with van der Waals surface area (Å²) in [5, 5.41) is -0.554. The summed E-state index contributed by atoms with van der Waals surface area (Å²) >= 11 is 22.2. The third kappa shape index (κ3) is 4.61. The number of esters is 1. The first-order valence-corrected chi connectivity index (χ1v) is 4.70. The molecule has 2 atom stereocenters. The van der Waals surface area contributed by atoms with Crippen molar-refractivity contribution < 1.29 is 9.53 Å². The fourth-order valence-corrected chi connectivity index (χ4v) is 1.73. The molecule has 0 rings (SSSR count). The molecule has 0 aliphatic heterocycles. The second-order valence-corrected chi connectivity index (χ2v) is 5.31. The summed E-state index contributed by atoms with van der Waals surface area (Å²) < 4.78 is 3.02. The lowest BCUT2D eigenvalue weighted by Crippen LogP contribution is -2.37. The van der Waals surface area contributed by atoms with Crippen LogP contribution in [0.5, 0.6) is 0 Å². The molecule has 0 aromatic carbocycles. The first-order valence-electron chi connectivity index (χ1n) is 3.13. The van der Waals surface area contributed by atoms with Crippen molar-refractivity contribution in [2.75, 3.05) is 0 Å². The second kappa shape index (κ2) is 4.75. The normalized spacial score (nSPS) is 16.8. The van der Waals surface area contributed by atoms with Crippen molar-refractivity contribution in [3.63, 3.8) is 0 Å². The Morgan fingerprint density at radius 3 is 1.92 bits per heavy atom. The number of rotatable bonds is 2. The molecule has 0 spiro atoms. The van der Waals surface area contributed by atoms with Crippen molar-refractivity contribution in [1.82, 2.24) is 0 Å². The van der Waals surface area contributed by atoms with E-state index in [-0.39, 0.29) is 0 Å². The Bertz CT molecular complexity index is 163. The van der Waals surface area contributed by atoms with Crippen LogP contribution >= 0.6 is 46.4 Å². The van der Waals surface area contributed by atoms with Gasteiger partial charge < -0.3 is 4.74 Å². The fourth-order valence-electron chi connectivity index (χ4n) is 0.600. The Labute approximate surface area is 91.1 Å². The third-order valence-electron chi connectivity index (χ3n) is 1.03. The Morgan fingerprint density at radius 2 is 1.83 bits per heavy atom. The Balaban J connectivity index is 4.35. The number of hydrogen-bond acceptors (Lipinski definition) is 2. The molecule has 0 saturated heterocycles. The van der Waals surface area contributed by atoms with Crippen LogP contribution in [0, 0.1) is 0 Å². The lowest BCUT2D eigenvalue weighted by Gasteiger charge is -2.25. The van der Waals surface area contributed by atoms with E-state index in [0.717, 1.165) is 0 Å². The van der Waals surface area contributed by atoms with Gasteiger partial charge in [-0.05, 0) is 6.92 Å². The van der Waals surface area contributed by atoms with Gasteiger partial charge in [0.15, 0.2) is 6.10 Å². The number of hydrogen-bond donors (Lipinski definition) is 0. The van der Waals surface area contributed by atoms with Gasteiger partial charge in [0.25, 0.3) is 0 Å². The minimum Gasteiger partial charge on any atom is -0.456 e. The predicted octanol–water partition coefficient (Wildman–Crippen LogP) is 2.92. The number of ether oxygens (including phenoxy) is 1. The smallest absolute Gasteiger partial charge is 0.303 e. The average Bonchev–Trinajstić information content (AvgIpc) is 1.79. The molecule has 0 aromatic heterocycles. The van der Waals surface area contributed by atoms with Crippen molar-refractivity contribution in [1.29, 1.82) is 0 Å². The second-order valence-electron chi connectivity index (χ2n) is 2.25. The number of carbonyl (C=O) groups excluding carboxylic acids is 1. The molecule has 0 amide bonds. The summed E-state index contributed by atoms with van der Waals surface area (Å²) in [6, 6.07) is 0. The van der Waals surface area contributed by atoms with Gasteiger partial charge in [0.05, 0.1) is 5.38 Å². The van der Waals surface area contributed by atoms with Crippen LogP contribution in [0.3, 0.4) is 0 Å². The average molecular weight is 254 g/mol. The zero-order chi connectivity index (χ0) is 9.94. The van der Waals surface area contributed by atoms with E-state index >= 15 is 0 Å². The van der Waals surface area contributed by atoms with Crippen molar-refractivity contribution in [3.05, 3.63) is 0 Å². The molecule has 0 heterocycles. The molecule has 0 bridgehead atoms. The molecule has 2 unspecified atom stereocenters. The Kier molecular flexibility index (Phi) is 5.00. The summed E-state index contributed by atoms with van der Waals surface area (Å²) in [5.74, 6) is -0.529. The van der Waals surface area contributed by atoms with Crippen LogP contribution in [-0.4, -0.2) is 21.2 Å². The van der Waals surface area contributed by atoms with Crippen LogP contribution in [0.15, 0.2) is 0 Å². The van der Waals surface area contributed by atoms with E-state index in [4.69, 9.17) is 51.1 Å². The van der Waals surface area contributed by atoms with Crippen LogP contribution in [0.25, 0.3) is 0 Å². The molecule has 6 heteroatoms. The monoisotopic (exact) mass is 252 g/mol. The molecule has 0 radical (unpaired) electrons. The topological polar surface area (TPSA) is 26.3 Å². The quantitative estimate of drug-likeness (QED) is 0.559. The highest BCUT2D eigenvalue weighted by molar-refractivity contribution is 6.68. The number of halogens is 4. The Morgan fingerprint density at radius 1 is 1.42 bits per heavy atom. The SMILES string of the molecule is CC(=O)OC(C(C)Cl)C(Cl)(Cl)Cl. The molecule has 0 aliphatic rings. The summed E-state index contributed by atoms with van der Waals surface area (Å²) in [4.78, 5) is 10.5. The lowest BCUT2D eigenvalue weighted by atomic mass is 10.3. The molecular formula is C6H8Cl4O2. The maximum absolute atomic E-state index is 10.5. The highest BCUT2D eigenvalue weighted by Crippen LogP contribution is 2.35. The van der Waals surface area contributed by atoms with Gasteiger partial charge in [-0.3, -0.25) is 4.79 Å². The molecule has 72 valence electrons. The molecule has 2 nitrogen and oxygen atoms in total. The van der Waals surface area contributed by atoms with Crippen LogP contribution in [0.4, 0.5) is 0 Å². The highest BCUT2D eigenvalue weighted by atomic mass is 35.6. The minimum atomic E-state index is -1.69. The molecule has 12 heavy (non-hydrogen) atoms. The lowest BCUT2D eigenvalue weighted by molar-refractivity contribution is -0.146. The van der Waals surface area contributed by atoms with E-state index in [2.05, 4.69) is 0 Å². The van der Waals surface area contributed by atoms with Crippen molar-refractivity contribution in [3.8, 4) is 0 Å². The molecular weight excluding hydrogens is 246 g/mol. The van der Waals surface area contributed by atoms with Gasteiger partial charge in [-0.1, -0.05) is 34.8 Å². The third-order valence-corrected chi connectivity index (χ3v) is 1.91. The van der Waals surface area contributed by atoms with E-state index in [0.29, 0.717) is 0 Å². The van der Waals surface area contributed by atoms with E-state index < -0.39 is 21.2 Å². The van der Waals surface area contributed by atoms with Crippen molar-refractivity contribution >= 4 is 52.4 Å². The van der Waals surface area contributed by atoms with Crippen molar-refractivity contribution in [2.24, 2.45) is 0 Å². The maximum atomic E-state index is 10.5. The first kappa shape index (κ1) is 12.6. The van der Waals surface area contributed by atoms with Gasteiger partial charge in [-0.15, -0.1) is 11.6 Å². The molecule has 0 aromatic rings. The summed E-state index contributed by atoms with van der Waals surface area (Å²) in [5.41, 5.74) is 0. The van der Waals surface area contributed by atoms with E-state index in [1.807, 2.05) is 0 Å². The van der Waals surface area contributed by atoms with Gasteiger partial charge in [0.1, 0.15) is 0 Å². The van der Waals surface area contributed by atoms with Gasteiger partial charge in [0, 0.05) is 6.92 Å². The summed E-state index contributed by atoms with van der Waals surface area (Å²) in [7, 11) is 0. The molecule has 0 N–H and O–H groups in total. The zero-order valence-electron chi connectivity index (χ0n) is 6.48. The Hall–Kier alpha value is 0.630. The van der Waals surface area contributed by atoms with Gasteiger partial charge in [-0.25, -0.2) is 0 Å². The molecule has 0 saturated carbocycles. The van der Waals surface area contributed by atoms with Crippen molar-refractivity contribution in [2.45, 2.75) is 29.1 Å². The summed E-state index contributed by atoms with van der Waals surface area (Å²) in [6.07, 6.45) is -0.929.